The minimum atomic E-state index is -0.642. The normalized spacial score (nSPS) is 10.7. The summed E-state index contributed by atoms with van der Waals surface area (Å²) in [5.74, 6) is -0.775. The first-order valence-corrected chi connectivity index (χ1v) is 9.97. The van der Waals surface area contributed by atoms with Crippen LogP contribution in [0.3, 0.4) is 0 Å². The summed E-state index contributed by atoms with van der Waals surface area (Å²) in [6.07, 6.45) is 0. The number of nitrogens with one attached hydrogen (secondary N) is 1. The molecular formula is C21H19ClN2O3S. The van der Waals surface area contributed by atoms with Crippen molar-refractivity contribution >= 4 is 40.5 Å². The maximum Gasteiger partial charge on any atom is 0.358 e. The number of hydrogen-bond acceptors (Lipinski definition) is 5. The van der Waals surface area contributed by atoms with E-state index in [1.54, 1.807) is 17.5 Å². The molecule has 0 fully saturated rings. The average Bonchev–Trinajstić information content (AvgIpc) is 3.17. The molecule has 1 heterocycles. The number of esters is 1. The van der Waals surface area contributed by atoms with Crippen molar-refractivity contribution in [1.29, 1.82) is 0 Å². The molecule has 0 saturated heterocycles. The summed E-state index contributed by atoms with van der Waals surface area (Å²) in [4.78, 5) is 28.6. The van der Waals surface area contributed by atoms with Crippen molar-refractivity contribution in [3.05, 3.63) is 70.2 Å². The lowest BCUT2D eigenvalue weighted by molar-refractivity contribution is -0.119. The van der Waals surface area contributed by atoms with Crippen molar-refractivity contribution in [3.63, 3.8) is 0 Å². The van der Waals surface area contributed by atoms with Gasteiger partial charge in [-0.2, -0.15) is 0 Å². The van der Waals surface area contributed by atoms with Gasteiger partial charge in [-0.05, 0) is 29.7 Å². The monoisotopic (exact) mass is 414 g/mol. The highest BCUT2D eigenvalue weighted by atomic mass is 35.5. The van der Waals surface area contributed by atoms with E-state index in [1.807, 2.05) is 50.2 Å². The summed E-state index contributed by atoms with van der Waals surface area (Å²) in [5.41, 5.74) is 2.72. The van der Waals surface area contributed by atoms with Crippen molar-refractivity contribution in [2.75, 3.05) is 11.9 Å². The fourth-order valence-corrected chi connectivity index (χ4v) is 3.60. The van der Waals surface area contributed by atoms with Gasteiger partial charge in [-0.15, -0.1) is 11.3 Å². The molecule has 0 saturated carbocycles. The average molecular weight is 415 g/mol. The van der Waals surface area contributed by atoms with E-state index < -0.39 is 11.9 Å². The number of nitrogens with zero attached hydrogens (tertiary/aromatic N) is 1. The van der Waals surface area contributed by atoms with E-state index >= 15 is 0 Å². The molecule has 0 aliphatic heterocycles. The van der Waals surface area contributed by atoms with Crippen LogP contribution >= 0.6 is 22.9 Å². The Hall–Kier alpha value is -2.70. The van der Waals surface area contributed by atoms with E-state index in [1.165, 1.54) is 11.3 Å². The highest BCUT2D eigenvalue weighted by molar-refractivity contribution is 7.13. The number of amides is 1. The molecule has 28 heavy (non-hydrogen) atoms. The fourth-order valence-electron chi connectivity index (χ4n) is 2.63. The lowest BCUT2D eigenvalue weighted by Crippen LogP contribution is -2.21. The van der Waals surface area contributed by atoms with Crippen molar-refractivity contribution in [1.82, 2.24) is 4.98 Å². The molecule has 3 rings (SSSR count). The number of halogens is 1. The second-order valence-electron chi connectivity index (χ2n) is 6.41. The Balaban J connectivity index is 1.59. The minimum absolute atomic E-state index is 0.162. The van der Waals surface area contributed by atoms with Crippen LogP contribution in [-0.2, 0) is 9.53 Å². The highest BCUT2D eigenvalue weighted by Gasteiger charge is 2.16. The summed E-state index contributed by atoms with van der Waals surface area (Å²) >= 11 is 7.30. The Labute approximate surface area is 172 Å². The van der Waals surface area contributed by atoms with Crippen molar-refractivity contribution in [3.8, 4) is 10.6 Å². The Kier molecular flexibility index (Phi) is 6.44. The van der Waals surface area contributed by atoms with Gasteiger partial charge in [0, 0.05) is 21.7 Å². The standard InChI is InChI=1S/C21H19ClN2O3S/c1-13(2)16-8-3-4-9-17(16)23-19(25)11-27-21(26)18-12-28-20(24-18)14-6-5-7-15(22)10-14/h3-10,12-13H,11H2,1-2H3,(H,23,25). The van der Waals surface area contributed by atoms with Crippen LogP contribution in [0.15, 0.2) is 53.9 Å². The zero-order chi connectivity index (χ0) is 20.1. The van der Waals surface area contributed by atoms with Gasteiger partial charge < -0.3 is 10.1 Å². The zero-order valence-electron chi connectivity index (χ0n) is 15.4. The Morgan fingerprint density at radius 2 is 1.96 bits per heavy atom. The van der Waals surface area contributed by atoms with Crippen LogP contribution in [-0.4, -0.2) is 23.5 Å². The number of carbonyl (C=O) groups is 2. The van der Waals surface area contributed by atoms with Crippen molar-refractivity contribution in [2.45, 2.75) is 19.8 Å². The first-order valence-electron chi connectivity index (χ1n) is 8.71. The molecule has 0 spiro atoms. The summed E-state index contributed by atoms with van der Waals surface area (Å²) in [6.45, 7) is 3.71. The largest absolute Gasteiger partial charge is 0.451 e. The lowest BCUT2D eigenvalue weighted by Gasteiger charge is -2.13. The molecule has 0 radical (unpaired) electrons. The number of aromatic nitrogens is 1. The third-order valence-electron chi connectivity index (χ3n) is 3.98. The minimum Gasteiger partial charge on any atom is -0.451 e. The molecule has 7 heteroatoms. The van der Waals surface area contributed by atoms with Gasteiger partial charge in [-0.25, -0.2) is 9.78 Å². The second-order valence-corrected chi connectivity index (χ2v) is 7.71. The quantitative estimate of drug-likeness (QED) is 0.549. The van der Waals surface area contributed by atoms with Gasteiger partial charge in [0.15, 0.2) is 12.3 Å². The number of hydrogen-bond donors (Lipinski definition) is 1. The van der Waals surface area contributed by atoms with Gasteiger partial charge in [-0.1, -0.05) is 55.8 Å². The molecule has 0 atom stereocenters. The van der Waals surface area contributed by atoms with Crippen LogP contribution in [0.2, 0.25) is 5.02 Å². The summed E-state index contributed by atoms with van der Waals surface area (Å²) in [7, 11) is 0. The van der Waals surface area contributed by atoms with Crippen LogP contribution in [0.1, 0.15) is 35.8 Å². The molecular weight excluding hydrogens is 396 g/mol. The molecule has 1 N–H and O–H groups in total. The predicted octanol–water partition coefficient (Wildman–Crippen LogP) is 5.38. The number of para-hydroxylation sites is 1. The molecule has 0 aliphatic carbocycles. The predicted molar refractivity (Wildman–Crippen MR) is 112 cm³/mol. The highest BCUT2D eigenvalue weighted by Crippen LogP contribution is 2.26. The molecule has 3 aromatic rings. The molecule has 144 valence electrons. The Morgan fingerprint density at radius 3 is 2.71 bits per heavy atom. The van der Waals surface area contributed by atoms with Crippen LogP contribution in [0.5, 0.6) is 0 Å². The Morgan fingerprint density at radius 1 is 1.18 bits per heavy atom. The zero-order valence-corrected chi connectivity index (χ0v) is 17.0. The summed E-state index contributed by atoms with van der Waals surface area (Å²) in [6, 6.07) is 14.8. The third kappa shape index (κ3) is 4.97. The van der Waals surface area contributed by atoms with Crippen molar-refractivity contribution in [2.24, 2.45) is 0 Å². The van der Waals surface area contributed by atoms with Gasteiger partial charge in [0.05, 0.1) is 0 Å². The Bertz CT molecular complexity index is 1000. The van der Waals surface area contributed by atoms with Crippen LogP contribution < -0.4 is 5.32 Å². The fraction of sp³-hybridized carbons (Fsp3) is 0.190. The first kappa shape index (κ1) is 20.0. The number of thiazole rings is 1. The van der Waals surface area contributed by atoms with E-state index in [0.717, 1.165) is 16.8 Å². The van der Waals surface area contributed by atoms with Crippen LogP contribution in [0.25, 0.3) is 10.6 Å². The van der Waals surface area contributed by atoms with Gasteiger partial charge in [0.2, 0.25) is 0 Å². The molecule has 1 amide bonds. The van der Waals surface area contributed by atoms with E-state index in [2.05, 4.69) is 10.3 Å². The number of benzene rings is 2. The number of anilines is 1. The maximum absolute atomic E-state index is 12.2. The van der Waals surface area contributed by atoms with E-state index in [9.17, 15) is 9.59 Å². The SMILES string of the molecule is CC(C)c1ccccc1NC(=O)COC(=O)c1csc(-c2cccc(Cl)c2)n1. The van der Waals surface area contributed by atoms with Crippen molar-refractivity contribution < 1.29 is 14.3 Å². The summed E-state index contributed by atoms with van der Waals surface area (Å²) in [5, 5.41) is 5.64. The van der Waals surface area contributed by atoms with Gasteiger partial charge in [-0.3, -0.25) is 4.79 Å². The summed E-state index contributed by atoms with van der Waals surface area (Å²) < 4.78 is 5.10. The smallest absolute Gasteiger partial charge is 0.358 e. The van der Waals surface area contributed by atoms with Gasteiger partial charge in [0.1, 0.15) is 5.01 Å². The maximum atomic E-state index is 12.2. The molecule has 1 aromatic heterocycles. The number of carbonyl (C=O) groups excluding carboxylic acids is 2. The number of rotatable bonds is 6. The van der Waals surface area contributed by atoms with Gasteiger partial charge >= 0.3 is 5.97 Å². The van der Waals surface area contributed by atoms with E-state index in [0.29, 0.717) is 10.0 Å². The van der Waals surface area contributed by atoms with Crippen LogP contribution in [0.4, 0.5) is 5.69 Å². The molecule has 5 nitrogen and oxygen atoms in total. The second kappa shape index (κ2) is 8.99. The van der Waals surface area contributed by atoms with E-state index in [4.69, 9.17) is 16.3 Å². The molecule has 0 unspecified atom stereocenters. The lowest BCUT2D eigenvalue weighted by atomic mass is 10.0. The topological polar surface area (TPSA) is 68.3 Å². The first-order chi connectivity index (χ1) is 13.4. The van der Waals surface area contributed by atoms with Crippen LogP contribution in [0, 0.1) is 0 Å². The van der Waals surface area contributed by atoms with Gasteiger partial charge in [0.25, 0.3) is 5.91 Å². The van der Waals surface area contributed by atoms with E-state index in [-0.39, 0.29) is 18.2 Å². The molecule has 0 bridgehead atoms. The third-order valence-corrected chi connectivity index (χ3v) is 5.10. The molecule has 0 aliphatic rings. The number of ether oxygens (including phenoxy) is 1. The molecule has 2 aromatic carbocycles.